The van der Waals surface area contributed by atoms with Gasteiger partial charge in [0.25, 0.3) is 0 Å². The third-order valence-corrected chi connectivity index (χ3v) is 3.87. The number of halogens is 1. The molecule has 0 saturated heterocycles. The summed E-state index contributed by atoms with van der Waals surface area (Å²) >= 11 is 0. The molecule has 1 heterocycles. The molecule has 156 valence electrons. The highest BCUT2D eigenvalue weighted by Crippen LogP contribution is 2.42. The molecule has 2 aromatic rings. The second kappa shape index (κ2) is 10.3. The van der Waals surface area contributed by atoms with Crippen molar-refractivity contribution >= 4 is 11.9 Å². The van der Waals surface area contributed by atoms with Gasteiger partial charge in [-0.2, -0.15) is 0 Å². The van der Waals surface area contributed by atoms with E-state index in [4.69, 9.17) is 34.0 Å². The summed E-state index contributed by atoms with van der Waals surface area (Å²) in [6.45, 7) is 1.02. The molecule has 0 fully saturated rings. The van der Waals surface area contributed by atoms with Gasteiger partial charge in [-0.1, -0.05) is 18.2 Å². The summed E-state index contributed by atoms with van der Waals surface area (Å²) in [5, 5.41) is 14.8. The second-order valence-corrected chi connectivity index (χ2v) is 6.35. The highest BCUT2D eigenvalue weighted by Gasteiger charge is 2.22. The Labute approximate surface area is 167 Å². The van der Waals surface area contributed by atoms with Crippen LogP contribution in [0.2, 0.25) is 0 Å². The van der Waals surface area contributed by atoms with Crippen molar-refractivity contribution in [3.05, 3.63) is 53.8 Å². The summed E-state index contributed by atoms with van der Waals surface area (Å²) in [5.41, 5.74) is 0.809. The SMILES string of the molecule is CN(C)CCC(Oc1cccc2c1OCO2)c1cccc(F)c1.O=C(O)C(=O)O. The van der Waals surface area contributed by atoms with Crippen LogP contribution in [0.15, 0.2) is 42.5 Å². The Morgan fingerprint density at radius 1 is 1.14 bits per heavy atom. The number of aliphatic carboxylic acids is 2. The van der Waals surface area contributed by atoms with Gasteiger partial charge in [-0.15, -0.1) is 0 Å². The highest BCUT2D eigenvalue weighted by molar-refractivity contribution is 6.27. The van der Waals surface area contributed by atoms with Gasteiger partial charge in [0.15, 0.2) is 11.5 Å². The molecule has 0 saturated carbocycles. The molecule has 3 rings (SSSR count). The van der Waals surface area contributed by atoms with Crippen LogP contribution in [0.1, 0.15) is 18.1 Å². The van der Waals surface area contributed by atoms with Crippen molar-refractivity contribution in [2.45, 2.75) is 12.5 Å². The molecule has 1 atom stereocenters. The lowest BCUT2D eigenvalue weighted by atomic mass is 10.1. The summed E-state index contributed by atoms with van der Waals surface area (Å²) in [7, 11) is 4.00. The number of hydrogen-bond donors (Lipinski definition) is 2. The Balaban J connectivity index is 0.000000438. The van der Waals surface area contributed by atoms with Gasteiger partial charge in [0, 0.05) is 13.0 Å². The fraction of sp³-hybridized carbons (Fsp3) is 0.300. The van der Waals surface area contributed by atoms with E-state index in [-0.39, 0.29) is 18.7 Å². The number of carbonyl (C=O) groups is 2. The maximum absolute atomic E-state index is 13.6. The first-order chi connectivity index (χ1) is 13.8. The summed E-state index contributed by atoms with van der Waals surface area (Å²) in [6.07, 6.45) is 0.477. The van der Waals surface area contributed by atoms with Crippen molar-refractivity contribution in [3.63, 3.8) is 0 Å². The molecule has 8 nitrogen and oxygen atoms in total. The van der Waals surface area contributed by atoms with Gasteiger partial charge in [-0.3, -0.25) is 0 Å². The maximum Gasteiger partial charge on any atom is 0.414 e. The summed E-state index contributed by atoms with van der Waals surface area (Å²) in [6, 6.07) is 12.1. The van der Waals surface area contributed by atoms with Crippen LogP contribution < -0.4 is 14.2 Å². The van der Waals surface area contributed by atoms with Gasteiger partial charge in [-0.05, 0) is 43.9 Å². The van der Waals surface area contributed by atoms with Crippen LogP contribution in [0, 0.1) is 5.82 Å². The first-order valence-corrected chi connectivity index (χ1v) is 8.69. The van der Waals surface area contributed by atoms with Gasteiger partial charge >= 0.3 is 11.9 Å². The van der Waals surface area contributed by atoms with E-state index in [2.05, 4.69) is 4.90 Å². The predicted molar refractivity (Wildman–Crippen MR) is 101 cm³/mol. The Hall–Kier alpha value is -3.33. The minimum atomic E-state index is -1.82. The largest absolute Gasteiger partial charge is 0.482 e. The molecule has 9 heteroatoms. The molecule has 0 radical (unpaired) electrons. The molecule has 1 unspecified atom stereocenters. The molecule has 2 aromatic carbocycles. The minimum Gasteiger partial charge on any atom is -0.482 e. The Morgan fingerprint density at radius 3 is 2.45 bits per heavy atom. The molecule has 0 aliphatic carbocycles. The maximum atomic E-state index is 13.6. The monoisotopic (exact) mass is 407 g/mol. The normalized spacial score (nSPS) is 12.7. The predicted octanol–water partition coefficient (Wildman–Crippen LogP) is 2.78. The van der Waals surface area contributed by atoms with Crippen molar-refractivity contribution < 1.29 is 38.4 Å². The molecule has 1 aliphatic heterocycles. The van der Waals surface area contributed by atoms with Gasteiger partial charge in [0.2, 0.25) is 12.5 Å². The van der Waals surface area contributed by atoms with Crippen LogP contribution in [0.5, 0.6) is 17.2 Å². The quantitative estimate of drug-likeness (QED) is 0.705. The Morgan fingerprint density at radius 2 is 1.83 bits per heavy atom. The van der Waals surface area contributed by atoms with E-state index >= 15 is 0 Å². The van der Waals surface area contributed by atoms with E-state index in [9.17, 15) is 4.39 Å². The molecular formula is C20H22FNO7. The number of fused-ring (bicyclic) bond motifs is 1. The standard InChI is InChI=1S/C18H20FNO3.C2H2O4/c1-20(2)10-9-15(13-5-3-6-14(19)11-13)23-17-8-4-7-16-18(17)22-12-21-16;3-1(4)2(5)6/h3-8,11,15H,9-10,12H2,1-2H3;(H,3,4)(H,5,6). The van der Waals surface area contributed by atoms with E-state index < -0.39 is 11.9 Å². The summed E-state index contributed by atoms with van der Waals surface area (Å²) in [4.78, 5) is 20.3. The number of ether oxygens (including phenoxy) is 3. The van der Waals surface area contributed by atoms with Crippen LogP contribution in [-0.4, -0.2) is 54.5 Å². The smallest absolute Gasteiger partial charge is 0.414 e. The van der Waals surface area contributed by atoms with Crippen molar-refractivity contribution in [1.29, 1.82) is 0 Å². The first kappa shape index (κ1) is 22.0. The lowest BCUT2D eigenvalue weighted by Crippen LogP contribution is -2.19. The van der Waals surface area contributed by atoms with Crippen LogP contribution in [0.3, 0.4) is 0 Å². The van der Waals surface area contributed by atoms with Crippen molar-refractivity contribution in [1.82, 2.24) is 4.90 Å². The van der Waals surface area contributed by atoms with Crippen molar-refractivity contribution in [2.75, 3.05) is 27.4 Å². The third kappa shape index (κ3) is 6.65. The zero-order valence-electron chi connectivity index (χ0n) is 16.0. The fourth-order valence-corrected chi connectivity index (χ4v) is 2.53. The van der Waals surface area contributed by atoms with E-state index in [1.165, 1.54) is 12.1 Å². The summed E-state index contributed by atoms with van der Waals surface area (Å²) in [5.74, 6) is -2.01. The molecule has 0 bridgehead atoms. The zero-order valence-corrected chi connectivity index (χ0v) is 16.0. The lowest BCUT2D eigenvalue weighted by molar-refractivity contribution is -0.159. The molecular weight excluding hydrogens is 385 g/mol. The van der Waals surface area contributed by atoms with Crippen molar-refractivity contribution in [3.8, 4) is 17.2 Å². The van der Waals surface area contributed by atoms with Crippen LogP contribution >= 0.6 is 0 Å². The topological polar surface area (TPSA) is 106 Å². The number of hydrogen-bond acceptors (Lipinski definition) is 6. The first-order valence-electron chi connectivity index (χ1n) is 8.69. The molecule has 0 spiro atoms. The third-order valence-electron chi connectivity index (χ3n) is 3.87. The fourth-order valence-electron chi connectivity index (χ4n) is 2.53. The second-order valence-electron chi connectivity index (χ2n) is 6.35. The van der Waals surface area contributed by atoms with Crippen LogP contribution in [0.25, 0.3) is 0 Å². The molecule has 2 N–H and O–H groups in total. The molecule has 0 aromatic heterocycles. The van der Waals surface area contributed by atoms with Crippen molar-refractivity contribution in [2.24, 2.45) is 0 Å². The molecule has 1 aliphatic rings. The molecule has 29 heavy (non-hydrogen) atoms. The minimum absolute atomic E-state index is 0.192. The van der Waals surface area contributed by atoms with Gasteiger partial charge in [-0.25, -0.2) is 14.0 Å². The zero-order chi connectivity index (χ0) is 21.4. The van der Waals surface area contributed by atoms with E-state index in [1.807, 2.05) is 38.4 Å². The molecule has 0 amide bonds. The number of nitrogens with zero attached hydrogens (tertiary/aromatic N) is 1. The van der Waals surface area contributed by atoms with Crippen LogP contribution in [0.4, 0.5) is 4.39 Å². The summed E-state index contributed by atoms with van der Waals surface area (Å²) < 4.78 is 30.6. The Kier molecular flexibility index (Phi) is 7.79. The average molecular weight is 407 g/mol. The van der Waals surface area contributed by atoms with Gasteiger partial charge in [0.05, 0.1) is 0 Å². The lowest BCUT2D eigenvalue weighted by Gasteiger charge is -2.22. The van der Waals surface area contributed by atoms with Crippen LogP contribution in [-0.2, 0) is 9.59 Å². The van der Waals surface area contributed by atoms with Gasteiger partial charge in [0.1, 0.15) is 11.9 Å². The van der Waals surface area contributed by atoms with E-state index in [0.717, 1.165) is 18.5 Å². The van der Waals surface area contributed by atoms with Gasteiger partial charge < -0.3 is 29.3 Å². The Bertz CT molecular complexity index is 844. The number of benzene rings is 2. The van der Waals surface area contributed by atoms with E-state index in [0.29, 0.717) is 17.2 Å². The van der Waals surface area contributed by atoms with E-state index in [1.54, 1.807) is 6.07 Å². The highest BCUT2D eigenvalue weighted by atomic mass is 19.1. The number of carboxylic acid groups (broad SMARTS) is 2. The number of para-hydroxylation sites is 1. The number of rotatable bonds is 6. The number of carboxylic acids is 2. The average Bonchev–Trinajstić information content (AvgIpc) is 3.15.